The van der Waals surface area contributed by atoms with Crippen molar-refractivity contribution in [2.24, 2.45) is 5.84 Å². The maximum absolute atomic E-state index is 13.3. The van der Waals surface area contributed by atoms with Crippen molar-refractivity contribution in [3.63, 3.8) is 0 Å². The average molecular weight is 437 g/mol. The van der Waals surface area contributed by atoms with E-state index in [-0.39, 0.29) is 22.2 Å². The number of hydrogen-bond acceptors (Lipinski definition) is 8. The molecule has 160 valence electrons. The molecule has 13 heteroatoms. The number of carbonyl (C=O) groups excluding carboxylic acids is 2. The molecule has 0 heterocycles. The summed E-state index contributed by atoms with van der Waals surface area (Å²) in [5.41, 5.74) is 1.57. The summed E-state index contributed by atoms with van der Waals surface area (Å²) in [7, 11) is -3.13. The smallest absolute Gasteiger partial charge is 0.271 e. The van der Waals surface area contributed by atoms with Crippen LogP contribution in [0.2, 0.25) is 0 Å². The summed E-state index contributed by atoms with van der Waals surface area (Å²) in [4.78, 5) is 33.3. The number of ether oxygens (including phenoxy) is 1. The fourth-order valence-electron chi connectivity index (χ4n) is 2.50. The Morgan fingerprint density at radius 3 is 2.33 bits per heavy atom. The summed E-state index contributed by atoms with van der Waals surface area (Å²) < 4.78 is 32.3. The van der Waals surface area contributed by atoms with Crippen molar-refractivity contribution in [3.8, 4) is 5.75 Å². The van der Waals surface area contributed by atoms with Gasteiger partial charge in [0.1, 0.15) is 18.0 Å². The van der Waals surface area contributed by atoms with E-state index in [1.165, 1.54) is 44.4 Å². The van der Waals surface area contributed by atoms with Crippen LogP contribution in [0.25, 0.3) is 0 Å². The lowest BCUT2D eigenvalue weighted by Gasteiger charge is -2.25. The van der Waals surface area contributed by atoms with Crippen LogP contribution in [0.3, 0.4) is 0 Å². The van der Waals surface area contributed by atoms with Crippen molar-refractivity contribution < 1.29 is 27.7 Å². The van der Waals surface area contributed by atoms with E-state index in [2.05, 4.69) is 5.32 Å². The Bertz CT molecular complexity index is 1070. The first-order valence-corrected chi connectivity index (χ1v) is 9.76. The van der Waals surface area contributed by atoms with Crippen LogP contribution in [0.5, 0.6) is 5.75 Å². The maximum Gasteiger partial charge on any atom is 0.271 e. The summed E-state index contributed by atoms with van der Waals surface area (Å²) in [6.07, 6.45) is 0. The van der Waals surface area contributed by atoms with Gasteiger partial charge >= 0.3 is 0 Å². The van der Waals surface area contributed by atoms with Gasteiger partial charge in [-0.05, 0) is 30.3 Å². The molecule has 0 atom stereocenters. The molecule has 2 aromatic rings. The molecule has 0 aliphatic rings. The monoisotopic (exact) mass is 437 g/mol. The lowest BCUT2D eigenvalue weighted by molar-refractivity contribution is -0.384. The van der Waals surface area contributed by atoms with Crippen LogP contribution in [0.4, 0.5) is 17.1 Å². The number of nitrogens with one attached hydrogen (secondary N) is 2. The third-order valence-electron chi connectivity index (χ3n) is 3.85. The topological polar surface area (TPSA) is 174 Å². The first kappa shape index (κ1) is 22.6. The lowest BCUT2D eigenvalue weighted by Crippen LogP contribution is -2.43. The number of nitrogens with two attached hydrogens (primary N) is 1. The summed E-state index contributed by atoms with van der Waals surface area (Å²) in [5.74, 6) is 3.89. The number of anilines is 2. The Hall–Kier alpha value is -3.71. The van der Waals surface area contributed by atoms with Crippen molar-refractivity contribution >= 4 is 38.9 Å². The molecule has 0 radical (unpaired) electrons. The Kier molecular flexibility index (Phi) is 6.92. The van der Waals surface area contributed by atoms with Crippen LogP contribution in [0.1, 0.15) is 6.92 Å². The van der Waals surface area contributed by atoms with E-state index in [1.807, 2.05) is 5.43 Å². The van der Waals surface area contributed by atoms with Crippen molar-refractivity contribution in [2.75, 3.05) is 23.3 Å². The zero-order chi connectivity index (χ0) is 22.5. The second kappa shape index (κ2) is 9.19. The highest BCUT2D eigenvalue weighted by Crippen LogP contribution is 2.35. The van der Waals surface area contributed by atoms with Crippen LogP contribution in [0, 0.1) is 10.1 Å². The van der Waals surface area contributed by atoms with E-state index >= 15 is 0 Å². The van der Waals surface area contributed by atoms with Gasteiger partial charge in [-0.1, -0.05) is 0 Å². The van der Waals surface area contributed by atoms with Crippen LogP contribution in [-0.4, -0.2) is 38.8 Å². The number of benzene rings is 2. The molecule has 2 amide bonds. The van der Waals surface area contributed by atoms with Gasteiger partial charge in [-0.2, -0.15) is 0 Å². The van der Waals surface area contributed by atoms with E-state index in [0.717, 1.165) is 12.1 Å². The number of nitrogens with zero attached hydrogens (tertiary/aromatic N) is 2. The molecule has 2 aromatic carbocycles. The minimum Gasteiger partial charge on any atom is -0.495 e. The lowest BCUT2D eigenvalue weighted by atomic mass is 10.2. The molecule has 4 N–H and O–H groups in total. The van der Waals surface area contributed by atoms with E-state index in [4.69, 9.17) is 10.6 Å². The Morgan fingerprint density at radius 2 is 1.83 bits per heavy atom. The quantitative estimate of drug-likeness (QED) is 0.235. The van der Waals surface area contributed by atoms with Crippen LogP contribution in [0.15, 0.2) is 47.4 Å². The molecule has 0 aliphatic heterocycles. The molecule has 30 heavy (non-hydrogen) atoms. The molecule has 0 bridgehead atoms. The highest BCUT2D eigenvalue weighted by molar-refractivity contribution is 7.92. The van der Waals surface area contributed by atoms with Gasteiger partial charge in [-0.3, -0.25) is 29.4 Å². The van der Waals surface area contributed by atoms with Gasteiger partial charge in [0.2, 0.25) is 5.91 Å². The number of carbonyl (C=O) groups is 2. The molecule has 0 saturated heterocycles. The molecule has 0 saturated carbocycles. The SMILES string of the molecule is COc1ccc([N+](=O)[O-])cc1N(CC(=O)NN)S(=O)(=O)c1ccc(NC(C)=O)cc1. The Labute approximate surface area is 171 Å². The number of hydrogen-bond donors (Lipinski definition) is 3. The summed E-state index contributed by atoms with van der Waals surface area (Å²) >= 11 is 0. The van der Waals surface area contributed by atoms with Crippen molar-refractivity contribution in [1.29, 1.82) is 0 Å². The Morgan fingerprint density at radius 1 is 1.20 bits per heavy atom. The van der Waals surface area contributed by atoms with E-state index in [1.54, 1.807) is 0 Å². The molecule has 0 unspecified atom stereocenters. The number of hydrazine groups is 1. The second-order valence-corrected chi connectivity index (χ2v) is 7.76. The number of non-ortho nitro benzene ring substituents is 1. The van der Waals surface area contributed by atoms with Crippen molar-refractivity contribution in [2.45, 2.75) is 11.8 Å². The number of nitro groups is 1. The van der Waals surface area contributed by atoms with E-state index < -0.39 is 33.1 Å². The fourth-order valence-corrected chi connectivity index (χ4v) is 3.93. The number of amides is 2. The number of sulfonamides is 1. The van der Waals surface area contributed by atoms with Gasteiger partial charge < -0.3 is 10.1 Å². The largest absolute Gasteiger partial charge is 0.495 e. The number of methoxy groups -OCH3 is 1. The van der Waals surface area contributed by atoms with E-state index in [0.29, 0.717) is 9.99 Å². The molecular formula is C17H19N5O7S. The minimum absolute atomic E-state index is 0.0103. The third-order valence-corrected chi connectivity index (χ3v) is 5.63. The molecule has 0 aliphatic carbocycles. The standard InChI is InChI=1S/C17H19N5O7S/c1-11(23)19-12-3-6-14(7-4-12)30(27,28)21(10-17(24)20-18)15-9-13(22(25)26)5-8-16(15)29-2/h3-9H,10,18H2,1-2H3,(H,19,23)(H,20,24). The van der Waals surface area contributed by atoms with Gasteiger partial charge in [0, 0.05) is 24.7 Å². The normalized spacial score (nSPS) is 10.8. The Balaban J connectivity index is 2.61. The van der Waals surface area contributed by atoms with Crippen LogP contribution in [-0.2, 0) is 19.6 Å². The van der Waals surface area contributed by atoms with Gasteiger partial charge in [-0.15, -0.1) is 0 Å². The van der Waals surface area contributed by atoms with Crippen LogP contribution >= 0.6 is 0 Å². The molecule has 0 aromatic heterocycles. The molecular weight excluding hydrogens is 418 g/mol. The number of rotatable bonds is 8. The third kappa shape index (κ3) is 5.01. The van der Waals surface area contributed by atoms with Crippen molar-refractivity contribution in [3.05, 3.63) is 52.6 Å². The molecule has 0 spiro atoms. The molecule has 12 nitrogen and oxygen atoms in total. The summed E-state index contributed by atoms with van der Waals surface area (Å²) in [6.45, 7) is 0.538. The molecule has 2 rings (SSSR count). The first-order valence-electron chi connectivity index (χ1n) is 8.32. The second-order valence-electron chi connectivity index (χ2n) is 5.90. The highest BCUT2D eigenvalue weighted by atomic mass is 32.2. The molecule has 0 fully saturated rings. The zero-order valence-electron chi connectivity index (χ0n) is 16.0. The first-order chi connectivity index (χ1) is 14.1. The van der Waals surface area contributed by atoms with Gasteiger partial charge in [0.05, 0.1) is 16.9 Å². The van der Waals surface area contributed by atoms with E-state index in [9.17, 15) is 28.1 Å². The maximum atomic E-state index is 13.3. The minimum atomic E-state index is -4.38. The highest BCUT2D eigenvalue weighted by Gasteiger charge is 2.30. The van der Waals surface area contributed by atoms with Gasteiger partial charge in [0.25, 0.3) is 21.6 Å². The van der Waals surface area contributed by atoms with Crippen molar-refractivity contribution in [1.82, 2.24) is 5.43 Å². The summed E-state index contributed by atoms with van der Waals surface area (Å²) in [6, 6.07) is 8.50. The zero-order valence-corrected chi connectivity index (χ0v) is 16.8. The predicted octanol–water partition coefficient (Wildman–Crippen LogP) is 0.747. The summed E-state index contributed by atoms with van der Waals surface area (Å²) in [5, 5.41) is 13.7. The number of nitro benzene ring substituents is 1. The average Bonchev–Trinajstić information content (AvgIpc) is 2.71. The predicted molar refractivity (Wildman–Crippen MR) is 107 cm³/mol. The van der Waals surface area contributed by atoms with Crippen LogP contribution < -0.4 is 25.6 Å². The van der Waals surface area contributed by atoms with Gasteiger partial charge in [0.15, 0.2) is 0 Å². The van der Waals surface area contributed by atoms with Gasteiger partial charge in [-0.25, -0.2) is 14.3 Å². The fraction of sp³-hybridized carbons (Fsp3) is 0.176.